The number of fused-ring (bicyclic) bond motifs is 1. The number of ether oxygens (including phenoxy) is 1. The smallest absolute Gasteiger partial charge is 0.320 e. The molecule has 7 nitrogen and oxygen atoms in total. The Balaban J connectivity index is 1.33. The summed E-state index contributed by atoms with van der Waals surface area (Å²) in [6, 6.07) is 8.90. The number of rotatable bonds is 4. The van der Waals surface area contributed by atoms with Crippen molar-refractivity contribution >= 4 is 11.9 Å². The number of piperidine rings is 1. The molecule has 1 atom stereocenters. The van der Waals surface area contributed by atoms with Gasteiger partial charge in [-0.25, -0.2) is 4.79 Å². The van der Waals surface area contributed by atoms with Crippen LogP contribution in [0.25, 0.3) is 0 Å². The topological polar surface area (TPSA) is 56.3 Å². The summed E-state index contributed by atoms with van der Waals surface area (Å²) >= 11 is 0. The Hall–Kier alpha value is -2.28. The number of likely N-dealkylation sites (tertiary alicyclic amines) is 1. The number of piperazine rings is 1. The zero-order chi connectivity index (χ0) is 19.7. The number of nitrogens with zero attached hydrogens (tertiary/aromatic N) is 4. The summed E-state index contributed by atoms with van der Waals surface area (Å²) in [6.45, 7) is 7.47. The van der Waals surface area contributed by atoms with E-state index >= 15 is 0 Å². The second-order valence-electron chi connectivity index (χ2n) is 8.09. The number of amides is 3. The second kappa shape index (κ2) is 7.99. The highest BCUT2D eigenvalue weighted by molar-refractivity contribution is 5.77. The van der Waals surface area contributed by atoms with Crippen molar-refractivity contribution in [2.24, 2.45) is 0 Å². The van der Waals surface area contributed by atoms with Gasteiger partial charge in [0.25, 0.3) is 0 Å². The maximum absolute atomic E-state index is 12.8. The average molecular weight is 386 g/mol. The van der Waals surface area contributed by atoms with E-state index in [0.717, 1.165) is 63.4 Å². The quantitative estimate of drug-likeness (QED) is 0.789. The van der Waals surface area contributed by atoms with Gasteiger partial charge in [0.05, 0.1) is 13.2 Å². The highest BCUT2D eigenvalue weighted by Crippen LogP contribution is 2.26. The van der Waals surface area contributed by atoms with Crippen molar-refractivity contribution in [3.05, 3.63) is 29.8 Å². The minimum absolute atomic E-state index is 0.159. The predicted octanol–water partition coefficient (Wildman–Crippen LogP) is 1.63. The Morgan fingerprint density at radius 3 is 2.39 bits per heavy atom. The first-order chi connectivity index (χ1) is 13.5. The van der Waals surface area contributed by atoms with Gasteiger partial charge in [-0.15, -0.1) is 0 Å². The van der Waals surface area contributed by atoms with Crippen LogP contribution in [0.15, 0.2) is 24.3 Å². The van der Waals surface area contributed by atoms with Crippen molar-refractivity contribution in [1.82, 2.24) is 19.6 Å². The zero-order valence-corrected chi connectivity index (χ0v) is 16.8. The predicted molar refractivity (Wildman–Crippen MR) is 106 cm³/mol. The standard InChI is InChI=1S/C21H30N4O3/c1-16(26)22-9-7-18(8-10-22)23-11-12-25-19(14-23)15-24(21(25)27)13-17-3-5-20(28-2)6-4-17/h3-6,18-19H,7-15H2,1-2H3/t19-/m1/s1. The molecule has 4 rings (SSSR count). The van der Waals surface area contributed by atoms with Crippen molar-refractivity contribution < 1.29 is 14.3 Å². The maximum atomic E-state index is 12.8. The monoisotopic (exact) mass is 386 g/mol. The van der Waals surface area contributed by atoms with Crippen LogP contribution < -0.4 is 4.74 Å². The summed E-state index contributed by atoms with van der Waals surface area (Å²) < 4.78 is 5.21. The summed E-state index contributed by atoms with van der Waals surface area (Å²) in [5, 5.41) is 0. The lowest BCUT2D eigenvalue weighted by molar-refractivity contribution is -0.130. The first-order valence-electron chi connectivity index (χ1n) is 10.2. The second-order valence-corrected chi connectivity index (χ2v) is 8.09. The molecule has 0 N–H and O–H groups in total. The summed E-state index contributed by atoms with van der Waals surface area (Å²) in [5.74, 6) is 1.01. The fourth-order valence-electron chi connectivity index (χ4n) is 4.76. The van der Waals surface area contributed by atoms with E-state index in [0.29, 0.717) is 12.6 Å². The highest BCUT2D eigenvalue weighted by Gasteiger charge is 2.42. The Labute approximate surface area is 166 Å². The van der Waals surface area contributed by atoms with Gasteiger partial charge in [-0.3, -0.25) is 9.69 Å². The molecule has 0 saturated carbocycles. The lowest BCUT2D eigenvalue weighted by atomic mass is 10.0. The van der Waals surface area contributed by atoms with Crippen LogP contribution in [0.3, 0.4) is 0 Å². The molecule has 3 aliphatic rings. The molecule has 0 spiro atoms. The summed E-state index contributed by atoms with van der Waals surface area (Å²) in [5.41, 5.74) is 1.13. The van der Waals surface area contributed by atoms with Crippen molar-refractivity contribution in [2.45, 2.75) is 38.4 Å². The van der Waals surface area contributed by atoms with Crippen molar-refractivity contribution in [3.8, 4) is 5.75 Å². The number of hydrogen-bond acceptors (Lipinski definition) is 4. The molecule has 0 aromatic heterocycles. The van der Waals surface area contributed by atoms with E-state index in [9.17, 15) is 9.59 Å². The first kappa shape index (κ1) is 19.1. The van der Waals surface area contributed by atoms with Crippen molar-refractivity contribution in [3.63, 3.8) is 0 Å². The molecule has 1 aromatic rings. The molecule has 0 unspecified atom stereocenters. The lowest BCUT2D eigenvalue weighted by Gasteiger charge is -2.43. The third-order valence-electron chi connectivity index (χ3n) is 6.42. The molecular formula is C21H30N4O3. The summed E-state index contributed by atoms with van der Waals surface area (Å²) in [4.78, 5) is 32.9. The van der Waals surface area contributed by atoms with Gasteiger partial charge in [-0.2, -0.15) is 0 Å². The molecule has 3 fully saturated rings. The van der Waals surface area contributed by atoms with Gasteiger partial charge in [0, 0.05) is 58.8 Å². The molecule has 3 heterocycles. The van der Waals surface area contributed by atoms with Gasteiger partial charge in [0.15, 0.2) is 0 Å². The number of methoxy groups -OCH3 is 1. The summed E-state index contributed by atoms with van der Waals surface area (Å²) in [7, 11) is 1.66. The zero-order valence-electron chi connectivity index (χ0n) is 16.8. The Morgan fingerprint density at radius 1 is 1.04 bits per heavy atom. The van der Waals surface area contributed by atoms with E-state index in [2.05, 4.69) is 4.90 Å². The third kappa shape index (κ3) is 3.81. The first-order valence-corrected chi connectivity index (χ1v) is 10.2. The number of benzene rings is 1. The van der Waals surface area contributed by atoms with Gasteiger partial charge in [0.2, 0.25) is 5.91 Å². The summed E-state index contributed by atoms with van der Waals surface area (Å²) in [6.07, 6.45) is 2.08. The van der Waals surface area contributed by atoms with Gasteiger partial charge in [-0.05, 0) is 30.5 Å². The molecule has 28 heavy (non-hydrogen) atoms. The van der Waals surface area contributed by atoms with Gasteiger partial charge in [-0.1, -0.05) is 12.1 Å². The minimum atomic E-state index is 0.159. The fourth-order valence-corrected chi connectivity index (χ4v) is 4.76. The SMILES string of the molecule is COc1ccc(CN2C[C@H]3CN(C4CCN(C(C)=O)CC4)CCN3C2=O)cc1. The van der Waals surface area contributed by atoms with E-state index in [4.69, 9.17) is 4.74 Å². The average Bonchev–Trinajstić information content (AvgIpc) is 3.03. The Bertz CT molecular complexity index is 715. The maximum Gasteiger partial charge on any atom is 0.320 e. The van der Waals surface area contributed by atoms with E-state index in [1.807, 2.05) is 39.0 Å². The number of hydrogen-bond donors (Lipinski definition) is 0. The van der Waals surface area contributed by atoms with Crippen molar-refractivity contribution in [1.29, 1.82) is 0 Å². The number of urea groups is 1. The van der Waals surface area contributed by atoms with Crippen LogP contribution in [-0.2, 0) is 11.3 Å². The van der Waals surface area contributed by atoms with Crippen LogP contribution in [0.2, 0.25) is 0 Å². The van der Waals surface area contributed by atoms with Gasteiger partial charge in [0.1, 0.15) is 5.75 Å². The third-order valence-corrected chi connectivity index (χ3v) is 6.42. The molecule has 152 valence electrons. The Kier molecular flexibility index (Phi) is 5.44. The van der Waals surface area contributed by atoms with Crippen LogP contribution in [0, 0.1) is 0 Å². The van der Waals surface area contributed by atoms with Gasteiger partial charge < -0.3 is 19.4 Å². The number of carbonyl (C=O) groups is 2. The van der Waals surface area contributed by atoms with Gasteiger partial charge >= 0.3 is 6.03 Å². The molecule has 3 aliphatic heterocycles. The van der Waals surface area contributed by atoms with E-state index in [-0.39, 0.29) is 18.0 Å². The van der Waals surface area contributed by atoms with Crippen LogP contribution in [0.5, 0.6) is 5.75 Å². The fraction of sp³-hybridized carbons (Fsp3) is 0.619. The molecule has 3 amide bonds. The minimum Gasteiger partial charge on any atom is -0.497 e. The van der Waals surface area contributed by atoms with E-state index in [1.54, 1.807) is 14.0 Å². The highest BCUT2D eigenvalue weighted by atomic mass is 16.5. The van der Waals surface area contributed by atoms with Crippen LogP contribution in [0.1, 0.15) is 25.3 Å². The van der Waals surface area contributed by atoms with Crippen LogP contribution in [-0.4, -0.2) is 90.0 Å². The molecule has 1 aromatic carbocycles. The molecular weight excluding hydrogens is 356 g/mol. The normalized spacial score (nSPS) is 23.9. The van der Waals surface area contributed by atoms with Crippen LogP contribution >= 0.6 is 0 Å². The molecule has 3 saturated heterocycles. The van der Waals surface area contributed by atoms with Crippen LogP contribution in [0.4, 0.5) is 4.79 Å². The number of carbonyl (C=O) groups excluding carboxylic acids is 2. The molecule has 0 aliphatic carbocycles. The van der Waals surface area contributed by atoms with E-state index in [1.165, 1.54) is 0 Å². The van der Waals surface area contributed by atoms with E-state index < -0.39 is 0 Å². The Morgan fingerprint density at radius 2 is 1.75 bits per heavy atom. The molecule has 0 bridgehead atoms. The lowest BCUT2D eigenvalue weighted by Crippen LogP contribution is -2.57. The molecule has 7 heteroatoms. The largest absolute Gasteiger partial charge is 0.497 e. The van der Waals surface area contributed by atoms with Crippen molar-refractivity contribution in [2.75, 3.05) is 46.4 Å². The molecule has 0 radical (unpaired) electrons.